The molecule has 1 atom stereocenters. The minimum Gasteiger partial charge on any atom is -0.309 e. The molecule has 1 nitrogen and oxygen atoms in total. The van der Waals surface area contributed by atoms with Crippen molar-refractivity contribution in [1.82, 2.24) is 4.57 Å². The molecule has 9 rings (SSSR count). The summed E-state index contributed by atoms with van der Waals surface area (Å²) in [6, 6.07) is 58.5. The van der Waals surface area contributed by atoms with Crippen LogP contribution in [0.3, 0.4) is 0 Å². The van der Waals surface area contributed by atoms with Gasteiger partial charge in [0, 0.05) is 36.6 Å². The van der Waals surface area contributed by atoms with Gasteiger partial charge in [-0.25, -0.2) is 0 Å². The number of rotatable bonds is 7. The van der Waals surface area contributed by atoms with Gasteiger partial charge in [0.15, 0.2) is 0 Å². The molecule has 0 saturated carbocycles. The number of hydrogen-bond acceptors (Lipinski definition) is 1. The summed E-state index contributed by atoms with van der Waals surface area (Å²) in [7, 11) is 0. The molecule has 0 aliphatic rings. The molecule has 0 fully saturated rings. The molecule has 0 bridgehead atoms. The molecule has 0 spiro atoms. The van der Waals surface area contributed by atoms with E-state index in [-0.39, 0.29) is 0 Å². The van der Waals surface area contributed by atoms with Gasteiger partial charge in [-0.3, -0.25) is 0 Å². The first-order chi connectivity index (χ1) is 24.2. The van der Waals surface area contributed by atoms with E-state index in [9.17, 15) is 0 Å². The number of fused-ring (bicyclic) bond motifs is 6. The lowest BCUT2D eigenvalue weighted by Crippen LogP contribution is -2.03. The van der Waals surface area contributed by atoms with Crippen molar-refractivity contribution in [2.45, 2.75) is 32.6 Å². The molecule has 0 aliphatic carbocycles. The number of para-hydroxylation sites is 2. The van der Waals surface area contributed by atoms with Crippen LogP contribution in [0.5, 0.6) is 0 Å². The van der Waals surface area contributed by atoms with Gasteiger partial charge < -0.3 is 4.57 Å². The summed E-state index contributed by atoms with van der Waals surface area (Å²) < 4.78 is 5.12. The van der Waals surface area contributed by atoms with E-state index in [2.05, 4.69) is 176 Å². The van der Waals surface area contributed by atoms with E-state index < -0.39 is 0 Å². The highest BCUT2D eigenvalue weighted by Crippen LogP contribution is 2.40. The normalized spacial score (nSPS) is 12.4. The van der Waals surface area contributed by atoms with Crippen LogP contribution in [0.1, 0.15) is 36.0 Å². The average Bonchev–Trinajstić information content (AvgIpc) is 3.70. The third-order valence-corrected chi connectivity index (χ3v) is 11.5. The lowest BCUT2D eigenvalue weighted by Gasteiger charge is -2.20. The monoisotopic (exact) mass is 647 g/mol. The summed E-state index contributed by atoms with van der Waals surface area (Å²) >= 11 is 1.89. The van der Waals surface area contributed by atoms with Crippen LogP contribution in [-0.2, 0) is 6.42 Å². The molecule has 0 saturated heterocycles. The van der Waals surface area contributed by atoms with Gasteiger partial charge in [-0.05, 0) is 119 Å². The Balaban J connectivity index is 1.10. The molecule has 236 valence electrons. The topological polar surface area (TPSA) is 4.93 Å². The lowest BCUT2D eigenvalue weighted by molar-refractivity contribution is 0.662. The standard InChI is InChI=1S/C47H37NS/c1-3-32(33-24-26-47-43(30-33)40-18-10-12-20-46(40)49-47)27-36-13-7-8-16-38(36)41-28-34(22-21-31(41)2)35-23-25-45-42(29-35)39-17-9-11-19-44(39)48(45)37-14-5-4-6-15-37/h4-26,28-30,32H,3,27H2,1-2H3. The van der Waals surface area contributed by atoms with Crippen molar-refractivity contribution >= 4 is 53.3 Å². The molecule has 1 unspecified atom stereocenters. The first-order valence-corrected chi connectivity index (χ1v) is 18.2. The minimum atomic E-state index is 0.442. The van der Waals surface area contributed by atoms with E-state index >= 15 is 0 Å². The summed E-state index contributed by atoms with van der Waals surface area (Å²) in [5.74, 6) is 0.442. The maximum atomic E-state index is 2.46. The van der Waals surface area contributed by atoms with Gasteiger partial charge >= 0.3 is 0 Å². The van der Waals surface area contributed by atoms with Crippen LogP contribution < -0.4 is 0 Å². The van der Waals surface area contributed by atoms with Crippen LogP contribution in [0.25, 0.3) is 69.9 Å². The number of thiophene rings is 1. The van der Waals surface area contributed by atoms with Crippen molar-refractivity contribution in [1.29, 1.82) is 0 Å². The molecule has 9 aromatic rings. The SMILES string of the molecule is CCC(Cc1ccccc1-c1cc(-c2ccc3c(c2)c2ccccc2n3-c2ccccc2)ccc1C)c1ccc2sc3ccccc3c2c1. The highest BCUT2D eigenvalue weighted by Gasteiger charge is 2.18. The summed E-state index contributed by atoms with van der Waals surface area (Å²) in [5, 5.41) is 5.31. The molecule has 7 aromatic carbocycles. The Kier molecular flexibility index (Phi) is 7.40. The Labute approximate surface area is 291 Å². The predicted molar refractivity (Wildman–Crippen MR) is 212 cm³/mol. The molecule has 0 radical (unpaired) electrons. The van der Waals surface area contributed by atoms with E-state index in [1.54, 1.807) is 0 Å². The Bertz CT molecular complexity index is 2640. The van der Waals surface area contributed by atoms with Crippen LogP contribution in [-0.4, -0.2) is 4.57 Å². The van der Waals surface area contributed by atoms with E-state index in [0.29, 0.717) is 5.92 Å². The fraction of sp³-hybridized carbons (Fsp3) is 0.106. The van der Waals surface area contributed by atoms with Crippen LogP contribution in [0.15, 0.2) is 158 Å². The zero-order chi connectivity index (χ0) is 32.9. The van der Waals surface area contributed by atoms with Crippen molar-refractivity contribution in [3.8, 4) is 27.9 Å². The molecule has 49 heavy (non-hydrogen) atoms. The summed E-state index contributed by atoms with van der Waals surface area (Å²) in [6.45, 7) is 4.58. The Morgan fingerprint density at radius 1 is 0.531 bits per heavy atom. The Hall–Kier alpha value is -5.44. The number of nitrogens with zero attached hydrogens (tertiary/aromatic N) is 1. The Morgan fingerprint density at radius 3 is 2.10 bits per heavy atom. The van der Waals surface area contributed by atoms with E-state index in [1.165, 1.54) is 86.6 Å². The van der Waals surface area contributed by atoms with Crippen molar-refractivity contribution in [2.24, 2.45) is 0 Å². The minimum absolute atomic E-state index is 0.442. The molecule has 0 aliphatic heterocycles. The second-order valence-electron chi connectivity index (χ2n) is 13.3. The van der Waals surface area contributed by atoms with Crippen molar-refractivity contribution < 1.29 is 0 Å². The second-order valence-corrected chi connectivity index (χ2v) is 14.4. The number of aromatic nitrogens is 1. The number of hydrogen-bond donors (Lipinski definition) is 0. The van der Waals surface area contributed by atoms with Crippen LogP contribution >= 0.6 is 11.3 Å². The predicted octanol–water partition coefficient (Wildman–Crippen LogP) is 13.5. The maximum absolute atomic E-state index is 2.46. The molecular formula is C47H37NS. The zero-order valence-electron chi connectivity index (χ0n) is 27.9. The Morgan fingerprint density at radius 2 is 1.22 bits per heavy atom. The number of aryl methyl sites for hydroxylation is 1. The van der Waals surface area contributed by atoms with Gasteiger partial charge in [-0.2, -0.15) is 0 Å². The van der Waals surface area contributed by atoms with Gasteiger partial charge in [0.05, 0.1) is 11.0 Å². The van der Waals surface area contributed by atoms with E-state index in [1.807, 2.05) is 11.3 Å². The molecule has 0 amide bonds. The quantitative estimate of drug-likeness (QED) is 0.162. The number of benzene rings is 7. The second kappa shape index (κ2) is 12.2. The molecule has 0 N–H and O–H groups in total. The smallest absolute Gasteiger partial charge is 0.0541 e. The lowest BCUT2D eigenvalue weighted by atomic mass is 9.85. The van der Waals surface area contributed by atoms with Gasteiger partial charge in [0.1, 0.15) is 0 Å². The molecule has 2 heterocycles. The summed E-state index contributed by atoms with van der Waals surface area (Å²) in [5.41, 5.74) is 12.9. The van der Waals surface area contributed by atoms with Crippen LogP contribution in [0.4, 0.5) is 0 Å². The van der Waals surface area contributed by atoms with Gasteiger partial charge in [0.25, 0.3) is 0 Å². The van der Waals surface area contributed by atoms with Crippen LogP contribution in [0.2, 0.25) is 0 Å². The highest BCUT2D eigenvalue weighted by atomic mass is 32.1. The maximum Gasteiger partial charge on any atom is 0.0541 e. The van der Waals surface area contributed by atoms with Crippen molar-refractivity contribution in [3.63, 3.8) is 0 Å². The van der Waals surface area contributed by atoms with Gasteiger partial charge in [-0.15, -0.1) is 11.3 Å². The zero-order valence-corrected chi connectivity index (χ0v) is 28.7. The van der Waals surface area contributed by atoms with Crippen LogP contribution in [0, 0.1) is 6.92 Å². The summed E-state index contributed by atoms with van der Waals surface area (Å²) in [6.07, 6.45) is 2.10. The first-order valence-electron chi connectivity index (χ1n) is 17.4. The van der Waals surface area contributed by atoms with Gasteiger partial charge in [-0.1, -0.05) is 110 Å². The fourth-order valence-corrected chi connectivity index (χ4v) is 8.91. The van der Waals surface area contributed by atoms with Crippen molar-refractivity contribution in [2.75, 3.05) is 0 Å². The molecule has 2 aromatic heterocycles. The van der Waals surface area contributed by atoms with E-state index in [0.717, 1.165) is 12.8 Å². The highest BCUT2D eigenvalue weighted by molar-refractivity contribution is 7.25. The molecule has 2 heteroatoms. The first kappa shape index (κ1) is 29.7. The average molecular weight is 648 g/mol. The molecular weight excluding hydrogens is 611 g/mol. The summed E-state index contributed by atoms with van der Waals surface area (Å²) in [4.78, 5) is 0. The third-order valence-electron chi connectivity index (χ3n) is 10.4. The van der Waals surface area contributed by atoms with Gasteiger partial charge in [0.2, 0.25) is 0 Å². The van der Waals surface area contributed by atoms with Crippen molar-refractivity contribution in [3.05, 3.63) is 174 Å². The van der Waals surface area contributed by atoms with E-state index in [4.69, 9.17) is 0 Å². The third kappa shape index (κ3) is 5.15. The fourth-order valence-electron chi connectivity index (χ4n) is 7.82. The largest absolute Gasteiger partial charge is 0.309 e.